The molecule has 3 aliphatic rings. The van der Waals surface area contributed by atoms with Crippen molar-refractivity contribution in [2.45, 2.75) is 74.0 Å². The fourth-order valence-corrected chi connectivity index (χ4v) is 6.48. The van der Waals surface area contributed by atoms with E-state index in [9.17, 15) is 9.59 Å². The fourth-order valence-electron chi connectivity index (χ4n) is 5.51. The molecule has 5 rings (SSSR count). The third kappa shape index (κ3) is 6.58. The lowest BCUT2D eigenvalue weighted by molar-refractivity contribution is 0.0964. The van der Waals surface area contributed by atoms with Crippen LogP contribution in [0.1, 0.15) is 84.9 Å². The van der Waals surface area contributed by atoms with Crippen LogP contribution in [-0.4, -0.2) is 60.6 Å². The van der Waals surface area contributed by atoms with Gasteiger partial charge in [0.1, 0.15) is 11.5 Å². The highest BCUT2D eigenvalue weighted by molar-refractivity contribution is 7.99. The minimum absolute atomic E-state index is 0.180. The molecule has 0 aliphatic carbocycles. The van der Waals surface area contributed by atoms with Gasteiger partial charge in [0.2, 0.25) is 0 Å². The molecular weight excluding hydrogens is 468 g/mol. The van der Waals surface area contributed by atoms with Gasteiger partial charge in [-0.3, -0.25) is 9.59 Å². The van der Waals surface area contributed by atoms with Crippen LogP contribution in [0.5, 0.6) is 11.5 Å². The first-order chi connectivity index (χ1) is 17.7. The number of benzene rings is 2. The topological polar surface area (TPSA) is 49.9 Å². The first-order valence-electron chi connectivity index (χ1n) is 13.8. The Morgan fingerprint density at radius 2 is 1.22 bits per heavy atom. The Morgan fingerprint density at radius 3 is 1.83 bits per heavy atom. The van der Waals surface area contributed by atoms with Crippen LogP contribution in [0, 0.1) is 0 Å². The highest BCUT2D eigenvalue weighted by Crippen LogP contribution is 2.47. The van der Waals surface area contributed by atoms with Gasteiger partial charge in [-0.15, -0.1) is 0 Å². The summed E-state index contributed by atoms with van der Waals surface area (Å²) in [5.74, 6) is 1.87. The van der Waals surface area contributed by atoms with Crippen molar-refractivity contribution >= 4 is 23.3 Å². The molecule has 0 bridgehead atoms. The van der Waals surface area contributed by atoms with Crippen LogP contribution in [0.3, 0.4) is 0 Å². The molecule has 36 heavy (non-hydrogen) atoms. The van der Waals surface area contributed by atoms with E-state index in [1.54, 1.807) is 11.8 Å². The Labute approximate surface area is 219 Å². The number of Topliss-reactive ketones (excluding diaryl/α,β-unsaturated/α-hetero) is 2. The summed E-state index contributed by atoms with van der Waals surface area (Å²) >= 11 is 1.61. The predicted octanol–water partition coefficient (Wildman–Crippen LogP) is 6.84. The number of carbonyl (C=O) groups is 2. The average molecular weight is 507 g/mol. The van der Waals surface area contributed by atoms with E-state index in [0.717, 1.165) is 58.3 Å². The first-order valence-corrected chi connectivity index (χ1v) is 14.6. The third-order valence-corrected chi connectivity index (χ3v) is 8.72. The van der Waals surface area contributed by atoms with E-state index in [1.165, 1.54) is 64.7 Å². The van der Waals surface area contributed by atoms with Gasteiger partial charge in [0, 0.05) is 24.0 Å². The maximum Gasteiger partial charge on any atom is 0.163 e. The summed E-state index contributed by atoms with van der Waals surface area (Å²) in [6.07, 6.45) is 10.8. The molecule has 0 atom stereocenters. The number of piperidine rings is 2. The number of ketones is 2. The number of rotatable bonds is 10. The zero-order valence-corrected chi connectivity index (χ0v) is 22.1. The molecule has 2 aromatic rings. The average Bonchev–Trinajstić information content (AvgIpc) is 2.92. The van der Waals surface area contributed by atoms with Gasteiger partial charge in [-0.25, -0.2) is 0 Å². The summed E-state index contributed by atoms with van der Waals surface area (Å²) in [4.78, 5) is 32.5. The third-order valence-electron chi connectivity index (χ3n) is 7.62. The molecule has 6 heteroatoms. The molecule has 0 saturated carbocycles. The van der Waals surface area contributed by atoms with Crippen molar-refractivity contribution < 1.29 is 14.3 Å². The molecule has 0 unspecified atom stereocenters. The zero-order valence-electron chi connectivity index (χ0n) is 21.3. The number of carbonyl (C=O) groups excluding carboxylic acids is 2. The number of hydrogen-bond donors (Lipinski definition) is 0. The van der Waals surface area contributed by atoms with E-state index < -0.39 is 0 Å². The predicted molar refractivity (Wildman–Crippen MR) is 145 cm³/mol. The molecule has 0 aromatic heterocycles. The van der Waals surface area contributed by atoms with Gasteiger partial charge in [-0.2, -0.15) is 0 Å². The van der Waals surface area contributed by atoms with Crippen LogP contribution in [0.4, 0.5) is 0 Å². The molecule has 0 radical (unpaired) electrons. The monoisotopic (exact) mass is 506 g/mol. The van der Waals surface area contributed by atoms with Gasteiger partial charge in [0.15, 0.2) is 11.6 Å². The van der Waals surface area contributed by atoms with E-state index >= 15 is 0 Å². The maximum absolute atomic E-state index is 12.8. The van der Waals surface area contributed by atoms with E-state index in [-0.39, 0.29) is 11.6 Å². The highest BCUT2D eigenvalue weighted by atomic mass is 32.2. The summed E-state index contributed by atoms with van der Waals surface area (Å²) in [5, 5.41) is 0. The van der Waals surface area contributed by atoms with Crippen molar-refractivity contribution in [1.82, 2.24) is 9.80 Å². The smallest absolute Gasteiger partial charge is 0.163 e. The Morgan fingerprint density at radius 1 is 0.667 bits per heavy atom. The first kappa shape index (κ1) is 25.5. The minimum atomic E-state index is 0.180. The Kier molecular flexibility index (Phi) is 8.78. The number of likely N-dealkylation sites (tertiary alicyclic amines) is 2. The lowest BCUT2D eigenvalue weighted by atomic mass is 10.0. The van der Waals surface area contributed by atoms with E-state index in [0.29, 0.717) is 12.8 Å². The van der Waals surface area contributed by atoms with Crippen molar-refractivity contribution in [1.29, 1.82) is 0 Å². The minimum Gasteiger partial charge on any atom is -0.455 e. The second-order valence-corrected chi connectivity index (χ2v) is 11.5. The molecule has 192 valence electrons. The van der Waals surface area contributed by atoms with Crippen molar-refractivity contribution in [3.05, 3.63) is 47.5 Å². The molecule has 0 amide bonds. The van der Waals surface area contributed by atoms with Gasteiger partial charge in [-0.1, -0.05) is 30.7 Å². The van der Waals surface area contributed by atoms with Crippen molar-refractivity contribution in [2.24, 2.45) is 0 Å². The summed E-state index contributed by atoms with van der Waals surface area (Å²) in [7, 11) is 0. The second-order valence-electron chi connectivity index (χ2n) is 10.4. The summed E-state index contributed by atoms with van der Waals surface area (Å²) in [6.45, 7) is 6.71. The molecule has 3 aliphatic heterocycles. The lowest BCUT2D eigenvalue weighted by Crippen LogP contribution is -2.30. The van der Waals surface area contributed by atoms with Gasteiger partial charge >= 0.3 is 0 Å². The number of fused-ring (bicyclic) bond motifs is 2. The van der Waals surface area contributed by atoms with Crippen LogP contribution in [0.2, 0.25) is 0 Å². The molecule has 2 fully saturated rings. The van der Waals surface area contributed by atoms with Crippen molar-refractivity contribution in [2.75, 3.05) is 39.3 Å². The summed E-state index contributed by atoms with van der Waals surface area (Å²) < 4.78 is 6.16. The largest absolute Gasteiger partial charge is 0.455 e. The standard InChI is InChI=1S/C30H38N2O3S/c33-25(9-7-19-31-15-3-1-4-16-31)23-12-14-29-28(21-23)35-27-13-11-24(22-30(27)36-29)26(34)10-8-20-32-17-5-2-6-18-32/h11-14,21-22H,1-10,15-20H2. The van der Waals surface area contributed by atoms with E-state index in [4.69, 9.17) is 4.74 Å². The molecule has 5 nitrogen and oxygen atoms in total. The Hall–Kier alpha value is -2.15. The van der Waals surface area contributed by atoms with Gasteiger partial charge < -0.3 is 14.5 Å². The van der Waals surface area contributed by atoms with Crippen molar-refractivity contribution in [3.8, 4) is 11.5 Å². The van der Waals surface area contributed by atoms with Crippen LogP contribution in [0.25, 0.3) is 0 Å². The maximum atomic E-state index is 12.8. The van der Waals surface area contributed by atoms with Crippen LogP contribution >= 0.6 is 11.8 Å². The van der Waals surface area contributed by atoms with Gasteiger partial charge in [0.05, 0.1) is 9.79 Å². The SMILES string of the molecule is O=C(CCCN1CCCCC1)c1ccc2c(c1)Oc1ccc(C(=O)CCCN3CCCCC3)cc1S2. The highest BCUT2D eigenvalue weighted by Gasteiger charge is 2.21. The van der Waals surface area contributed by atoms with Gasteiger partial charge in [-0.05, 0) is 108 Å². The quantitative estimate of drug-likeness (QED) is 0.281. The molecule has 3 heterocycles. The van der Waals surface area contributed by atoms with Crippen LogP contribution in [-0.2, 0) is 0 Å². The Balaban J connectivity index is 1.14. The molecular formula is C30H38N2O3S. The normalized spacial score (nSPS) is 18.2. The van der Waals surface area contributed by atoms with Crippen LogP contribution in [0.15, 0.2) is 46.2 Å². The molecule has 0 N–H and O–H groups in total. The van der Waals surface area contributed by atoms with Crippen LogP contribution < -0.4 is 4.74 Å². The summed E-state index contributed by atoms with van der Waals surface area (Å²) in [5.41, 5.74) is 1.48. The second kappa shape index (κ2) is 12.4. The number of nitrogens with zero attached hydrogens (tertiary/aromatic N) is 2. The summed E-state index contributed by atoms with van der Waals surface area (Å²) in [6, 6.07) is 11.5. The molecule has 0 spiro atoms. The van der Waals surface area contributed by atoms with Crippen molar-refractivity contribution in [3.63, 3.8) is 0 Å². The van der Waals surface area contributed by atoms with E-state index in [2.05, 4.69) is 9.80 Å². The Bertz CT molecular complexity index is 988. The number of ether oxygens (including phenoxy) is 1. The van der Waals surface area contributed by atoms with E-state index in [1.807, 2.05) is 36.4 Å². The van der Waals surface area contributed by atoms with Gasteiger partial charge in [0.25, 0.3) is 0 Å². The fraction of sp³-hybridized carbons (Fsp3) is 0.533. The zero-order chi connectivity index (χ0) is 24.7. The lowest BCUT2D eigenvalue weighted by Gasteiger charge is -2.26. The number of hydrogen-bond acceptors (Lipinski definition) is 6. The molecule has 2 aromatic carbocycles. The molecule has 2 saturated heterocycles.